The molecule has 1 N–H and O–H groups in total. The van der Waals surface area contributed by atoms with Gasteiger partial charge in [0.2, 0.25) is 5.95 Å². The summed E-state index contributed by atoms with van der Waals surface area (Å²) >= 11 is 0. The zero-order chi connectivity index (χ0) is 15.0. The normalized spacial score (nSPS) is 21.4. The van der Waals surface area contributed by atoms with Crippen LogP contribution in [0, 0.1) is 16.8 Å². The van der Waals surface area contributed by atoms with Crippen molar-refractivity contribution >= 4 is 5.91 Å². The minimum Gasteiger partial charge on any atom is -0.349 e. The van der Waals surface area contributed by atoms with Crippen LogP contribution in [0.1, 0.15) is 57.3 Å². The quantitative estimate of drug-likeness (QED) is 0.840. The van der Waals surface area contributed by atoms with Gasteiger partial charge in [0.1, 0.15) is 0 Å². The molecule has 20 heavy (non-hydrogen) atoms. The van der Waals surface area contributed by atoms with Crippen LogP contribution in [0.4, 0.5) is 4.39 Å². The van der Waals surface area contributed by atoms with Crippen LogP contribution in [-0.2, 0) is 0 Å². The van der Waals surface area contributed by atoms with E-state index in [2.05, 4.69) is 38.0 Å². The van der Waals surface area contributed by atoms with Gasteiger partial charge >= 0.3 is 0 Å². The van der Waals surface area contributed by atoms with Gasteiger partial charge in [-0.2, -0.15) is 4.39 Å². The molecule has 1 aromatic rings. The zero-order valence-electron chi connectivity index (χ0n) is 12.7. The first-order valence-corrected chi connectivity index (χ1v) is 7.09. The van der Waals surface area contributed by atoms with Crippen LogP contribution in [0.5, 0.6) is 0 Å². The number of hydrogen-bond acceptors (Lipinski definition) is 2. The number of nitrogens with one attached hydrogen (secondary N) is 1. The van der Waals surface area contributed by atoms with Gasteiger partial charge in [-0.3, -0.25) is 4.79 Å². The Morgan fingerprint density at radius 3 is 2.35 bits per heavy atom. The number of carbonyl (C=O) groups excluding carboxylic acids is 1. The maximum Gasteiger partial charge on any atom is 0.253 e. The Balaban J connectivity index is 2.05. The molecule has 1 fully saturated rings. The van der Waals surface area contributed by atoms with Gasteiger partial charge in [-0.15, -0.1) is 0 Å². The van der Waals surface area contributed by atoms with Gasteiger partial charge in [-0.05, 0) is 42.2 Å². The number of aromatic nitrogens is 1. The summed E-state index contributed by atoms with van der Waals surface area (Å²) in [6, 6.07) is 2.84. The molecule has 0 unspecified atom stereocenters. The Morgan fingerprint density at radius 1 is 1.25 bits per heavy atom. The molecule has 3 nitrogen and oxygen atoms in total. The number of carbonyl (C=O) groups is 1. The number of hydrogen-bond donors (Lipinski definition) is 1. The van der Waals surface area contributed by atoms with E-state index in [9.17, 15) is 9.18 Å². The molecule has 0 spiro atoms. The van der Waals surface area contributed by atoms with Crippen LogP contribution in [0.3, 0.4) is 0 Å². The Bertz CT molecular complexity index is 478. The molecule has 2 rings (SSSR count). The third-order valence-electron chi connectivity index (χ3n) is 3.88. The Hall–Kier alpha value is -1.45. The molecule has 0 saturated heterocycles. The van der Waals surface area contributed by atoms with E-state index in [1.165, 1.54) is 18.3 Å². The molecule has 1 amide bonds. The molecule has 0 radical (unpaired) electrons. The van der Waals surface area contributed by atoms with Gasteiger partial charge in [0.15, 0.2) is 0 Å². The van der Waals surface area contributed by atoms with Crippen molar-refractivity contribution in [3.63, 3.8) is 0 Å². The minimum absolute atomic E-state index is 0.159. The highest BCUT2D eigenvalue weighted by Gasteiger charge is 2.38. The smallest absolute Gasteiger partial charge is 0.253 e. The van der Waals surface area contributed by atoms with Crippen molar-refractivity contribution in [1.29, 1.82) is 0 Å². The van der Waals surface area contributed by atoms with Gasteiger partial charge in [0, 0.05) is 12.2 Å². The maximum atomic E-state index is 12.8. The summed E-state index contributed by atoms with van der Waals surface area (Å²) in [5.41, 5.74) is 0.856. The van der Waals surface area contributed by atoms with Crippen molar-refractivity contribution < 1.29 is 9.18 Å². The molecular formula is C16H23FN2O. The van der Waals surface area contributed by atoms with E-state index in [0.717, 1.165) is 19.3 Å². The van der Waals surface area contributed by atoms with Crippen LogP contribution >= 0.6 is 0 Å². The first-order valence-electron chi connectivity index (χ1n) is 7.09. The zero-order valence-corrected chi connectivity index (χ0v) is 12.7. The SMILES string of the molecule is CC1(C)CC(NC(=O)c2ccc(F)nc2)CC(C)(C)C1. The number of nitrogens with zero attached hydrogens (tertiary/aromatic N) is 1. The molecule has 1 aromatic heterocycles. The topological polar surface area (TPSA) is 42.0 Å². The van der Waals surface area contributed by atoms with Crippen LogP contribution in [0.15, 0.2) is 18.3 Å². The van der Waals surface area contributed by atoms with E-state index in [1.807, 2.05) is 0 Å². The fourth-order valence-electron chi connectivity index (χ4n) is 3.73. The predicted molar refractivity (Wildman–Crippen MR) is 76.9 cm³/mol. The van der Waals surface area contributed by atoms with Crippen LogP contribution < -0.4 is 5.32 Å². The largest absolute Gasteiger partial charge is 0.349 e. The van der Waals surface area contributed by atoms with Crippen molar-refractivity contribution in [2.75, 3.05) is 0 Å². The summed E-state index contributed by atoms with van der Waals surface area (Å²) < 4.78 is 12.8. The Morgan fingerprint density at radius 2 is 1.85 bits per heavy atom. The molecule has 0 aliphatic heterocycles. The number of pyridine rings is 1. The minimum atomic E-state index is -0.568. The standard InChI is InChI=1S/C16H23FN2O/c1-15(2)7-12(8-16(3,4)10-15)19-14(20)11-5-6-13(17)18-9-11/h5-6,9,12H,7-8,10H2,1-4H3,(H,19,20). The van der Waals surface area contributed by atoms with Crippen molar-refractivity contribution in [2.24, 2.45) is 10.8 Å². The second-order valence-corrected chi connectivity index (χ2v) is 7.45. The van der Waals surface area contributed by atoms with Crippen LogP contribution in [-0.4, -0.2) is 16.9 Å². The van der Waals surface area contributed by atoms with Crippen LogP contribution in [0.2, 0.25) is 0 Å². The van der Waals surface area contributed by atoms with E-state index in [1.54, 1.807) is 0 Å². The third kappa shape index (κ3) is 3.78. The molecule has 4 heteroatoms. The van der Waals surface area contributed by atoms with E-state index >= 15 is 0 Å². The molecule has 1 saturated carbocycles. The number of amides is 1. The summed E-state index contributed by atoms with van der Waals surface area (Å²) in [4.78, 5) is 15.7. The lowest BCUT2D eigenvalue weighted by atomic mass is 9.63. The van der Waals surface area contributed by atoms with Crippen molar-refractivity contribution in [2.45, 2.75) is 53.0 Å². The van der Waals surface area contributed by atoms with Gasteiger partial charge in [0.25, 0.3) is 5.91 Å². The van der Waals surface area contributed by atoms with E-state index < -0.39 is 5.95 Å². The highest BCUT2D eigenvalue weighted by molar-refractivity contribution is 5.94. The first-order chi connectivity index (χ1) is 9.17. The highest BCUT2D eigenvalue weighted by Crippen LogP contribution is 2.45. The highest BCUT2D eigenvalue weighted by atomic mass is 19.1. The second kappa shape index (κ2) is 5.15. The Labute approximate surface area is 120 Å². The third-order valence-corrected chi connectivity index (χ3v) is 3.88. The summed E-state index contributed by atoms with van der Waals surface area (Å²) in [7, 11) is 0. The van der Waals surface area contributed by atoms with Gasteiger partial charge < -0.3 is 5.32 Å². The van der Waals surface area contributed by atoms with Crippen molar-refractivity contribution in [1.82, 2.24) is 10.3 Å². The van der Waals surface area contributed by atoms with Gasteiger partial charge in [-0.25, -0.2) is 4.98 Å². The van der Waals surface area contributed by atoms with Gasteiger partial charge in [-0.1, -0.05) is 27.7 Å². The summed E-state index contributed by atoms with van der Waals surface area (Å²) in [5.74, 6) is -0.738. The molecule has 1 heterocycles. The number of halogens is 1. The van der Waals surface area contributed by atoms with Gasteiger partial charge in [0.05, 0.1) is 5.56 Å². The van der Waals surface area contributed by atoms with Crippen molar-refractivity contribution in [3.8, 4) is 0 Å². The fraction of sp³-hybridized carbons (Fsp3) is 0.625. The number of rotatable bonds is 2. The first kappa shape index (κ1) is 14.9. The molecule has 1 aliphatic carbocycles. The van der Waals surface area contributed by atoms with E-state index in [4.69, 9.17) is 0 Å². The van der Waals surface area contributed by atoms with Crippen molar-refractivity contribution in [3.05, 3.63) is 29.8 Å². The fourth-order valence-corrected chi connectivity index (χ4v) is 3.73. The Kier molecular flexibility index (Phi) is 3.85. The summed E-state index contributed by atoms with van der Waals surface area (Å²) in [6.07, 6.45) is 4.38. The molecule has 1 aliphatic rings. The monoisotopic (exact) mass is 278 g/mol. The molecule has 0 bridgehead atoms. The molecular weight excluding hydrogens is 255 g/mol. The summed E-state index contributed by atoms with van der Waals surface area (Å²) in [6.45, 7) is 8.97. The average molecular weight is 278 g/mol. The lowest BCUT2D eigenvalue weighted by Crippen LogP contribution is -2.46. The van der Waals surface area contributed by atoms with E-state index in [-0.39, 0.29) is 22.8 Å². The average Bonchev–Trinajstić information content (AvgIpc) is 2.25. The summed E-state index contributed by atoms with van der Waals surface area (Å²) in [5, 5.41) is 3.06. The predicted octanol–water partition coefficient (Wildman–Crippen LogP) is 3.56. The molecule has 0 atom stereocenters. The molecule has 0 aromatic carbocycles. The maximum absolute atomic E-state index is 12.8. The second-order valence-electron chi connectivity index (χ2n) is 7.45. The van der Waals surface area contributed by atoms with Crippen LogP contribution in [0.25, 0.3) is 0 Å². The lowest BCUT2D eigenvalue weighted by Gasteiger charge is -2.45. The lowest BCUT2D eigenvalue weighted by molar-refractivity contribution is 0.0713. The molecule has 110 valence electrons. The van der Waals surface area contributed by atoms with E-state index in [0.29, 0.717) is 5.56 Å².